The number of nitrogens with two attached hydrogens (primary N) is 1. The van der Waals surface area contributed by atoms with E-state index in [1.165, 1.54) is 24.1 Å². The average Bonchev–Trinajstić information content (AvgIpc) is 2.18. The molecule has 0 aromatic heterocycles. The number of hydrogen-bond donors (Lipinski definition) is 2. The van der Waals surface area contributed by atoms with Crippen LogP contribution in [0.3, 0.4) is 0 Å². The van der Waals surface area contributed by atoms with Gasteiger partial charge in [-0.3, -0.25) is 0 Å². The van der Waals surface area contributed by atoms with Crippen LogP contribution in [0.4, 0.5) is 5.69 Å². The van der Waals surface area contributed by atoms with Gasteiger partial charge < -0.3 is 11.1 Å². The lowest BCUT2D eigenvalue weighted by molar-refractivity contribution is 0.593. The topological polar surface area (TPSA) is 38.0 Å². The Kier molecular flexibility index (Phi) is 2.50. The monoisotopic (exact) mass is 176 g/mol. The summed E-state index contributed by atoms with van der Waals surface area (Å²) >= 11 is 0. The summed E-state index contributed by atoms with van der Waals surface area (Å²) < 4.78 is 0. The first-order chi connectivity index (χ1) is 6.40. The van der Waals surface area contributed by atoms with E-state index in [4.69, 9.17) is 5.73 Å². The molecule has 1 aliphatic rings. The smallest absolute Gasteiger partial charge is 0.0374 e. The Morgan fingerprint density at radius 2 is 2.23 bits per heavy atom. The van der Waals surface area contributed by atoms with Crippen LogP contribution in [-0.4, -0.2) is 12.6 Å². The summed E-state index contributed by atoms with van der Waals surface area (Å²) in [6, 6.07) is 9.11. The van der Waals surface area contributed by atoms with Gasteiger partial charge >= 0.3 is 0 Å². The van der Waals surface area contributed by atoms with Gasteiger partial charge in [-0.15, -0.1) is 0 Å². The summed E-state index contributed by atoms with van der Waals surface area (Å²) in [5, 5.41) is 3.52. The molecule has 1 unspecified atom stereocenters. The molecule has 2 rings (SSSR count). The van der Waals surface area contributed by atoms with Gasteiger partial charge in [-0.25, -0.2) is 0 Å². The van der Waals surface area contributed by atoms with E-state index < -0.39 is 0 Å². The Labute approximate surface area is 79.1 Å². The summed E-state index contributed by atoms with van der Waals surface area (Å²) in [5.41, 5.74) is 8.28. The second-order valence-electron chi connectivity index (χ2n) is 3.61. The third-order valence-corrected chi connectivity index (χ3v) is 2.65. The summed E-state index contributed by atoms with van der Waals surface area (Å²) in [6.07, 6.45) is 3.48. The van der Waals surface area contributed by atoms with E-state index in [0.717, 1.165) is 13.0 Å². The van der Waals surface area contributed by atoms with E-state index in [9.17, 15) is 0 Å². The zero-order chi connectivity index (χ0) is 9.10. The van der Waals surface area contributed by atoms with Crippen LogP contribution in [0, 0.1) is 0 Å². The zero-order valence-electron chi connectivity index (χ0n) is 7.79. The van der Waals surface area contributed by atoms with Crippen molar-refractivity contribution in [3.05, 3.63) is 29.8 Å². The second-order valence-corrected chi connectivity index (χ2v) is 3.61. The van der Waals surface area contributed by atoms with Gasteiger partial charge in [0.05, 0.1) is 0 Å². The molecule has 0 saturated carbocycles. The van der Waals surface area contributed by atoms with Crippen LogP contribution in [0.15, 0.2) is 24.3 Å². The molecule has 0 saturated heterocycles. The molecule has 3 N–H and O–H groups in total. The third kappa shape index (κ3) is 1.83. The van der Waals surface area contributed by atoms with Crippen molar-refractivity contribution in [2.45, 2.75) is 25.3 Å². The molecule has 1 atom stereocenters. The van der Waals surface area contributed by atoms with Crippen LogP contribution in [0.25, 0.3) is 0 Å². The van der Waals surface area contributed by atoms with Gasteiger partial charge in [-0.05, 0) is 37.4 Å². The van der Waals surface area contributed by atoms with Crippen molar-refractivity contribution in [3.8, 4) is 0 Å². The van der Waals surface area contributed by atoms with Crippen molar-refractivity contribution in [2.24, 2.45) is 5.73 Å². The highest BCUT2D eigenvalue weighted by atomic mass is 14.9. The first kappa shape index (κ1) is 8.57. The molecule has 1 aliphatic heterocycles. The Hall–Kier alpha value is -1.02. The van der Waals surface area contributed by atoms with Crippen LogP contribution in [0.5, 0.6) is 0 Å². The van der Waals surface area contributed by atoms with Gasteiger partial charge in [0.2, 0.25) is 0 Å². The van der Waals surface area contributed by atoms with Crippen molar-refractivity contribution in [1.29, 1.82) is 0 Å². The van der Waals surface area contributed by atoms with Crippen molar-refractivity contribution in [2.75, 3.05) is 11.9 Å². The Balaban J connectivity index is 2.11. The van der Waals surface area contributed by atoms with E-state index in [1.807, 2.05) is 0 Å². The quantitative estimate of drug-likeness (QED) is 0.720. The number of benzene rings is 1. The fourth-order valence-corrected chi connectivity index (χ4v) is 1.92. The minimum atomic E-state index is 0.583. The molecule has 70 valence electrons. The predicted octanol–water partition coefficient (Wildman–Crippen LogP) is 1.76. The number of rotatable bonds is 2. The van der Waals surface area contributed by atoms with Crippen LogP contribution in [0.2, 0.25) is 0 Å². The van der Waals surface area contributed by atoms with E-state index in [0.29, 0.717) is 6.04 Å². The third-order valence-electron chi connectivity index (χ3n) is 2.65. The zero-order valence-corrected chi connectivity index (χ0v) is 7.79. The lowest BCUT2D eigenvalue weighted by Crippen LogP contribution is -2.27. The van der Waals surface area contributed by atoms with Gasteiger partial charge in [0.1, 0.15) is 0 Å². The van der Waals surface area contributed by atoms with E-state index in [-0.39, 0.29) is 0 Å². The standard InChI is InChI=1S/C11H16N2/c12-8-7-10-6-5-9-3-1-2-4-11(9)13-10/h1-4,10,13H,5-8,12H2. The van der Waals surface area contributed by atoms with Crippen molar-refractivity contribution in [3.63, 3.8) is 0 Å². The highest BCUT2D eigenvalue weighted by Crippen LogP contribution is 2.24. The van der Waals surface area contributed by atoms with Gasteiger partial charge in [0.15, 0.2) is 0 Å². The largest absolute Gasteiger partial charge is 0.382 e. The van der Waals surface area contributed by atoms with Crippen molar-refractivity contribution < 1.29 is 0 Å². The Morgan fingerprint density at radius 1 is 1.38 bits per heavy atom. The van der Waals surface area contributed by atoms with Gasteiger partial charge in [0.25, 0.3) is 0 Å². The summed E-state index contributed by atoms with van der Waals surface area (Å²) in [5.74, 6) is 0. The molecule has 2 heteroatoms. The number of anilines is 1. The normalized spacial score (nSPS) is 20.5. The molecule has 0 fully saturated rings. The summed E-state index contributed by atoms with van der Waals surface area (Å²) in [4.78, 5) is 0. The number of aryl methyl sites for hydroxylation is 1. The fourth-order valence-electron chi connectivity index (χ4n) is 1.92. The van der Waals surface area contributed by atoms with E-state index in [1.54, 1.807) is 0 Å². The Bertz CT molecular complexity index is 283. The van der Waals surface area contributed by atoms with Gasteiger partial charge in [-0.1, -0.05) is 18.2 Å². The second kappa shape index (κ2) is 3.79. The number of nitrogens with one attached hydrogen (secondary N) is 1. The molecule has 0 radical (unpaired) electrons. The molecule has 1 heterocycles. The van der Waals surface area contributed by atoms with Gasteiger partial charge in [0, 0.05) is 11.7 Å². The number of hydrogen-bond acceptors (Lipinski definition) is 2. The maximum Gasteiger partial charge on any atom is 0.0374 e. The van der Waals surface area contributed by atoms with Crippen molar-refractivity contribution >= 4 is 5.69 Å². The maximum absolute atomic E-state index is 5.54. The molecule has 0 aliphatic carbocycles. The van der Waals surface area contributed by atoms with Crippen LogP contribution >= 0.6 is 0 Å². The molecule has 0 spiro atoms. The average molecular weight is 176 g/mol. The van der Waals surface area contributed by atoms with E-state index in [2.05, 4.69) is 29.6 Å². The highest BCUT2D eigenvalue weighted by Gasteiger charge is 2.15. The molecular formula is C11H16N2. The predicted molar refractivity (Wildman–Crippen MR) is 55.8 cm³/mol. The minimum absolute atomic E-state index is 0.583. The first-order valence-corrected chi connectivity index (χ1v) is 4.94. The molecule has 13 heavy (non-hydrogen) atoms. The molecule has 1 aromatic rings. The maximum atomic E-state index is 5.54. The lowest BCUT2D eigenvalue weighted by atomic mass is 9.96. The van der Waals surface area contributed by atoms with Crippen LogP contribution in [-0.2, 0) is 6.42 Å². The summed E-state index contributed by atoms with van der Waals surface area (Å²) in [7, 11) is 0. The molecule has 0 amide bonds. The van der Waals surface area contributed by atoms with Crippen LogP contribution in [0.1, 0.15) is 18.4 Å². The summed E-state index contributed by atoms with van der Waals surface area (Å²) in [6.45, 7) is 0.778. The highest BCUT2D eigenvalue weighted by molar-refractivity contribution is 5.53. The fraction of sp³-hybridized carbons (Fsp3) is 0.455. The van der Waals surface area contributed by atoms with Crippen molar-refractivity contribution in [1.82, 2.24) is 0 Å². The molecular weight excluding hydrogens is 160 g/mol. The molecule has 0 bridgehead atoms. The SMILES string of the molecule is NCCC1CCc2ccccc2N1. The number of fused-ring (bicyclic) bond motifs is 1. The molecule has 1 aromatic carbocycles. The first-order valence-electron chi connectivity index (χ1n) is 4.94. The lowest BCUT2D eigenvalue weighted by Gasteiger charge is -2.26. The Morgan fingerprint density at radius 3 is 3.08 bits per heavy atom. The minimum Gasteiger partial charge on any atom is -0.382 e. The molecule has 2 nitrogen and oxygen atoms in total. The van der Waals surface area contributed by atoms with Crippen LogP contribution < -0.4 is 11.1 Å². The van der Waals surface area contributed by atoms with Gasteiger partial charge in [-0.2, -0.15) is 0 Å². The number of para-hydroxylation sites is 1. The van der Waals surface area contributed by atoms with E-state index >= 15 is 0 Å².